The van der Waals surface area contributed by atoms with E-state index in [1.54, 1.807) is 20.0 Å². The molecule has 3 fully saturated rings. The molecule has 328 valence electrons. The summed E-state index contributed by atoms with van der Waals surface area (Å²) in [5.74, 6) is -1.14. The standard InChI is InChI=1S/C46H54F2N8O6/c1-8-30(52-42(57)36(22(2)3)54-44(59)61-7)40-50-31-16-14-27-19-26(13-15-28(27)38(31)53-40)24-9-11-25(12-10-24)32-21-49-41(51-32)39-29-20-33(35(48)34(29)47)56(39)43(58)37(23(4)5)55-45(60)62-46(6)17-18-46/h9-16,19,21-23,29-30,33-37,39H,8,17-18,20H2,1-7H3,(H,49,51)(H,50,53)(H,52,57)(H,54,59)(H,55,60)/t29-,30+,33+,34?,35-,36+,37+,39+/m1/s1. The molecular weight excluding hydrogens is 799 g/mol. The number of benzene rings is 3. The van der Waals surface area contributed by atoms with Crippen LogP contribution in [0.2, 0.25) is 0 Å². The monoisotopic (exact) mass is 852 g/mol. The fraction of sp³-hybridized carbons (Fsp3) is 0.478. The smallest absolute Gasteiger partial charge is 0.408 e. The first kappa shape index (κ1) is 42.6. The Kier molecular flexibility index (Phi) is 11.5. The molecule has 3 heterocycles. The molecular formula is C46H54F2N8O6. The first-order valence-electron chi connectivity index (χ1n) is 21.4. The second-order valence-electron chi connectivity index (χ2n) is 17.9. The van der Waals surface area contributed by atoms with E-state index in [0.717, 1.165) is 51.3 Å². The number of likely N-dealkylation sites (tertiary alicyclic amines) is 1. The molecule has 1 unspecified atom stereocenters. The van der Waals surface area contributed by atoms with Crippen LogP contribution in [0.25, 0.3) is 44.2 Å². The quantitative estimate of drug-likeness (QED) is 0.0790. The minimum Gasteiger partial charge on any atom is -0.453 e. The predicted octanol–water partition coefficient (Wildman–Crippen LogP) is 7.97. The summed E-state index contributed by atoms with van der Waals surface area (Å²) in [4.78, 5) is 69.6. The molecule has 8 rings (SSSR count). The van der Waals surface area contributed by atoms with E-state index in [1.807, 2.05) is 76.2 Å². The Hall–Kier alpha value is -6.06. The molecule has 3 aromatic carbocycles. The number of imidazole rings is 2. The van der Waals surface area contributed by atoms with E-state index in [0.29, 0.717) is 23.8 Å². The number of rotatable bonds is 13. The van der Waals surface area contributed by atoms with Crippen molar-refractivity contribution in [1.82, 2.24) is 40.8 Å². The molecule has 16 heteroatoms. The van der Waals surface area contributed by atoms with Crippen molar-refractivity contribution in [2.45, 2.75) is 115 Å². The Balaban J connectivity index is 0.990. The highest BCUT2D eigenvalue weighted by Gasteiger charge is 2.62. The third-order valence-corrected chi connectivity index (χ3v) is 12.8. The fourth-order valence-electron chi connectivity index (χ4n) is 8.93. The van der Waals surface area contributed by atoms with E-state index in [2.05, 4.69) is 37.0 Å². The van der Waals surface area contributed by atoms with Gasteiger partial charge >= 0.3 is 12.2 Å². The maximum atomic E-state index is 15.4. The van der Waals surface area contributed by atoms with Gasteiger partial charge in [0.25, 0.3) is 0 Å². The number of alkyl carbamates (subject to hydrolysis) is 2. The lowest BCUT2D eigenvalue weighted by molar-refractivity contribution is -0.143. The van der Waals surface area contributed by atoms with E-state index < -0.39 is 72.2 Å². The average molecular weight is 853 g/mol. The first-order valence-corrected chi connectivity index (χ1v) is 21.4. The zero-order chi connectivity index (χ0) is 44.2. The Morgan fingerprint density at radius 3 is 2.21 bits per heavy atom. The Labute approximate surface area is 358 Å². The highest BCUT2D eigenvalue weighted by Crippen LogP contribution is 2.52. The van der Waals surface area contributed by atoms with Crippen LogP contribution in [-0.4, -0.2) is 92.0 Å². The zero-order valence-corrected chi connectivity index (χ0v) is 35.9. The number of aromatic nitrogens is 4. The number of methoxy groups -OCH3 is 1. The van der Waals surface area contributed by atoms with Gasteiger partial charge < -0.3 is 40.3 Å². The molecule has 2 bridgehead atoms. The van der Waals surface area contributed by atoms with Crippen LogP contribution >= 0.6 is 0 Å². The minimum absolute atomic E-state index is 0.156. The van der Waals surface area contributed by atoms with E-state index in [9.17, 15) is 19.2 Å². The number of nitrogens with one attached hydrogen (secondary N) is 5. The molecule has 5 N–H and O–H groups in total. The first-order chi connectivity index (χ1) is 29.6. The van der Waals surface area contributed by atoms with Crippen LogP contribution in [0.5, 0.6) is 0 Å². The number of aromatic amines is 2. The fourth-order valence-corrected chi connectivity index (χ4v) is 8.93. The van der Waals surface area contributed by atoms with Crippen molar-refractivity contribution in [3.8, 4) is 22.4 Å². The minimum atomic E-state index is -1.83. The average Bonchev–Trinajstić information content (AvgIpc) is 3.69. The predicted molar refractivity (Wildman–Crippen MR) is 229 cm³/mol. The van der Waals surface area contributed by atoms with Gasteiger partial charge in [-0.1, -0.05) is 77.1 Å². The zero-order valence-electron chi connectivity index (χ0n) is 35.9. The van der Waals surface area contributed by atoms with Gasteiger partial charge in [-0.15, -0.1) is 0 Å². The summed E-state index contributed by atoms with van der Waals surface area (Å²) < 4.78 is 40.9. The lowest BCUT2D eigenvalue weighted by atomic mass is 9.93. The number of carbonyl (C=O) groups excluding carboxylic acids is 4. The number of piperidine rings is 1. The SMILES string of the molecule is CC[C@H](NC(=O)[C@@H](NC(=O)OC)C(C)C)c1nc2ccc3cc(-c4ccc(-c5cnc([C@@H]6[C@@H]7C[C@@H]([C@@H](F)C7F)N6C(=O)[C@@H](NC(=O)OC6(C)CC6)C(C)C)[nH]5)cc4)ccc3c2[nH]1. The maximum Gasteiger partial charge on any atom is 0.408 e. The molecule has 2 saturated carbocycles. The summed E-state index contributed by atoms with van der Waals surface area (Å²) in [6, 6.07) is 14.0. The summed E-state index contributed by atoms with van der Waals surface area (Å²) in [5.41, 5.74) is 4.49. The van der Waals surface area contributed by atoms with Gasteiger partial charge in [-0.05, 0) is 78.7 Å². The molecule has 2 aliphatic carbocycles. The van der Waals surface area contributed by atoms with E-state index in [1.165, 1.54) is 12.0 Å². The molecule has 0 radical (unpaired) electrons. The van der Waals surface area contributed by atoms with Crippen LogP contribution in [-0.2, 0) is 19.1 Å². The third-order valence-electron chi connectivity index (χ3n) is 12.8. The molecule has 1 saturated heterocycles. The second-order valence-corrected chi connectivity index (χ2v) is 17.9. The summed E-state index contributed by atoms with van der Waals surface area (Å²) in [6.07, 6.45) is -1.10. The summed E-state index contributed by atoms with van der Waals surface area (Å²) >= 11 is 0. The molecule has 5 aromatic rings. The van der Waals surface area contributed by atoms with Crippen molar-refractivity contribution in [2.24, 2.45) is 17.8 Å². The Morgan fingerprint density at radius 1 is 0.871 bits per heavy atom. The molecule has 14 nitrogen and oxygen atoms in total. The number of carbonyl (C=O) groups is 4. The van der Waals surface area contributed by atoms with Gasteiger partial charge in [-0.25, -0.2) is 28.3 Å². The number of hydrogen-bond acceptors (Lipinski definition) is 8. The number of ether oxygens (including phenoxy) is 2. The van der Waals surface area contributed by atoms with E-state index in [4.69, 9.17) is 14.5 Å². The summed E-state index contributed by atoms with van der Waals surface area (Å²) in [7, 11) is 1.26. The Bertz CT molecular complexity index is 2500. The second kappa shape index (κ2) is 16.7. The lowest BCUT2D eigenvalue weighted by Gasteiger charge is -2.40. The third kappa shape index (κ3) is 8.06. The van der Waals surface area contributed by atoms with Crippen LogP contribution in [0.4, 0.5) is 18.4 Å². The van der Waals surface area contributed by atoms with Gasteiger partial charge in [0.15, 0.2) is 6.17 Å². The van der Waals surface area contributed by atoms with Crippen LogP contribution in [0.3, 0.4) is 0 Å². The number of H-pyrrole nitrogens is 2. The van der Waals surface area contributed by atoms with Crippen molar-refractivity contribution >= 4 is 45.8 Å². The lowest BCUT2D eigenvalue weighted by Crippen LogP contribution is -2.57. The molecule has 3 aliphatic rings. The largest absolute Gasteiger partial charge is 0.453 e. The molecule has 1 aliphatic heterocycles. The number of alkyl halides is 2. The molecule has 0 spiro atoms. The van der Waals surface area contributed by atoms with Crippen LogP contribution in [0.15, 0.2) is 60.8 Å². The van der Waals surface area contributed by atoms with Crippen molar-refractivity contribution < 1.29 is 37.4 Å². The topological polar surface area (TPSA) is 183 Å². The normalized spacial score (nSPS) is 22.8. The van der Waals surface area contributed by atoms with Crippen LogP contribution in [0, 0.1) is 17.8 Å². The van der Waals surface area contributed by atoms with Crippen LogP contribution < -0.4 is 16.0 Å². The maximum absolute atomic E-state index is 15.4. The van der Waals surface area contributed by atoms with Crippen molar-refractivity contribution in [2.75, 3.05) is 7.11 Å². The molecule has 4 amide bonds. The number of fused-ring (bicyclic) bond motifs is 5. The Morgan fingerprint density at radius 2 is 1.55 bits per heavy atom. The highest BCUT2D eigenvalue weighted by molar-refractivity contribution is 6.05. The highest BCUT2D eigenvalue weighted by atomic mass is 19.2. The van der Waals surface area contributed by atoms with Gasteiger partial charge in [-0.2, -0.15) is 0 Å². The number of hydrogen-bond donors (Lipinski definition) is 5. The van der Waals surface area contributed by atoms with Gasteiger partial charge in [0, 0.05) is 11.3 Å². The van der Waals surface area contributed by atoms with E-state index >= 15 is 8.78 Å². The number of halogens is 2. The van der Waals surface area contributed by atoms with Gasteiger partial charge in [0.2, 0.25) is 11.8 Å². The molecule has 62 heavy (non-hydrogen) atoms. The van der Waals surface area contributed by atoms with Crippen molar-refractivity contribution in [3.05, 3.63) is 72.4 Å². The van der Waals surface area contributed by atoms with Crippen molar-refractivity contribution in [1.29, 1.82) is 0 Å². The van der Waals surface area contributed by atoms with Gasteiger partial charge in [-0.3, -0.25) is 9.59 Å². The van der Waals surface area contributed by atoms with E-state index in [-0.39, 0.29) is 24.2 Å². The number of amides is 4. The molecule has 2 aromatic heterocycles. The van der Waals surface area contributed by atoms with Crippen LogP contribution in [0.1, 0.15) is 91.0 Å². The number of nitrogens with zero attached hydrogens (tertiary/aromatic N) is 3. The van der Waals surface area contributed by atoms with Crippen molar-refractivity contribution in [3.63, 3.8) is 0 Å². The van der Waals surface area contributed by atoms with Gasteiger partial charge in [0.05, 0.1) is 48.2 Å². The molecule has 8 atom stereocenters. The summed E-state index contributed by atoms with van der Waals surface area (Å²) in [5, 5.41) is 10.3. The van der Waals surface area contributed by atoms with Gasteiger partial charge in [0.1, 0.15) is 35.5 Å². The summed E-state index contributed by atoms with van der Waals surface area (Å²) in [6.45, 7) is 11.1.